The highest BCUT2D eigenvalue weighted by Crippen LogP contribution is 2.24. The van der Waals surface area contributed by atoms with E-state index in [1.165, 1.54) is 19.4 Å². The van der Waals surface area contributed by atoms with E-state index in [9.17, 15) is 0 Å². The second-order valence-corrected chi connectivity index (χ2v) is 6.05. The van der Waals surface area contributed by atoms with Crippen LogP contribution in [0.5, 0.6) is 0 Å². The van der Waals surface area contributed by atoms with Crippen molar-refractivity contribution >= 4 is 16.5 Å². The second-order valence-electron chi connectivity index (χ2n) is 4.99. The molecule has 4 nitrogen and oxygen atoms in total. The number of hydrogen-bond donors (Lipinski definition) is 1. The van der Waals surface area contributed by atoms with Crippen LogP contribution < -0.4 is 5.32 Å². The predicted molar refractivity (Wildman–Crippen MR) is 72.3 cm³/mol. The fraction of sp³-hybridized carbons (Fsp3) is 0.833. The van der Waals surface area contributed by atoms with Gasteiger partial charge in [0.25, 0.3) is 0 Å². The first-order valence-electron chi connectivity index (χ1n) is 6.49. The first-order valence-corrected chi connectivity index (χ1v) is 7.31. The molecule has 2 unspecified atom stereocenters. The second kappa shape index (κ2) is 5.78. The van der Waals surface area contributed by atoms with E-state index >= 15 is 0 Å². The average Bonchev–Trinajstić information content (AvgIpc) is 2.72. The van der Waals surface area contributed by atoms with Crippen LogP contribution in [0.2, 0.25) is 0 Å². The van der Waals surface area contributed by atoms with E-state index in [1.807, 2.05) is 0 Å². The summed E-state index contributed by atoms with van der Waals surface area (Å²) >= 11 is 1.68. The van der Waals surface area contributed by atoms with Gasteiger partial charge in [-0.25, -0.2) is 0 Å². The molecule has 0 aromatic carbocycles. The Kier molecular flexibility index (Phi) is 4.34. The molecule has 0 aliphatic carbocycles. The molecule has 0 bridgehead atoms. The molecular formula is C12H22N4S. The Balaban J connectivity index is 1.94. The lowest BCUT2D eigenvalue weighted by Crippen LogP contribution is -2.40. The zero-order chi connectivity index (χ0) is 12.3. The minimum absolute atomic E-state index is 0.678. The molecule has 5 heteroatoms. The van der Waals surface area contributed by atoms with Crippen LogP contribution in [0.1, 0.15) is 38.6 Å². The summed E-state index contributed by atoms with van der Waals surface area (Å²) in [5.41, 5.74) is 0. The van der Waals surface area contributed by atoms with Gasteiger partial charge in [0.05, 0.1) is 6.54 Å². The predicted octanol–water partition coefficient (Wildman–Crippen LogP) is 2.59. The molecule has 1 aromatic heterocycles. The topological polar surface area (TPSA) is 41.1 Å². The highest BCUT2D eigenvalue weighted by Gasteiger charge is 2.23. The molecule has 2 heterocycles. The van der Waals surface area contributed by atoms with Crippen molar-refractivity contribution in [1.29, 1.82) is 0 Å². The maximum absolute atomic E-state index is 4.25. The van der Waals surface area contributed by atoms with Gasteiger partial charge < -0.3 is 5.32 Å². The van der Waals surface area contributed by atoms with E-state index in [-0.39, 0.29) is 0 Å². The van der Waals surface area contributed by atoms with Gasteiger partial charge in [0.2, 0.25) is 5.13 Å². The third-order valence-electron chi connectivity index (χ3n) is 3.38. The number of hydrogen-bond acceptors (Lipinski definition) is 5. The Morgan fingerprint density at radius 1 is 1.35 bits per heavy atom. The quantitative estimate of drug-likeness (QED) is 0.896. The van der Waals surface area contributed by atoms with Crippen molar-refractivity contribution in [2.75, 3.05) is 18.4 Å². The van der Waals surface area contributed by atoms with E-state index in [0.29, 0.717) is 6.04 Å². The molecule has 17 heavy (non-hydrogen) atoms. The van der Waals surface area contributed by atoms with Gasteiger partial charge in [0, 0.05) is 19.1 Å². The van der Waals surface area contributed by atoms with E-state index in [1.54, 1.807) is 11.3 Å². The molecule has 0 amide bonds. The zero-order valence-corrected chi connectivity index (χ0v) is 11.8. The summed E-state index contributed by atoms with van der Waals surface area (Å²) in [6.07, 6.45) is 2.66. The van der Waals surface area contributed by atoms with Crippen molar-refractivity contribution in [3.8, 4) is 0 Å². The molecule has 0 radical (unpaired) electrons. The SMILES string of the molecule is CCNc1nnc(CN2CC(C)CCC2C)s1. The molecule has 0 spiro atoms. The number of likely N-dealkylation sites (tertiary alicyclic amines) is 1. The van der Waals surface area contributed by atoms with Crippen molar-refractivity contribution in [2.45, 2.75) is 46.2 Å². The first kappa shape index (κ1) is 12.8. The van der Waals surface area contributed by atoms with Crippen molar-refractivity contribution in [3.05, 3.63) is 5.01 Å². The van der Waals surface area contributed by atoms with Crippen LogP contribution in [-0.2, 0) is 6.54 Å². The third kappa shape index (κ3) is 3.39. The Morgan fingerprint density at radius 3 is 2.94 bits per heavy atom. The molecule has 1 saturated heterocycles. The summed E-state index contributed by atoms with van der Waals surface area (Å²) in [4.78, 5) is 2.53. The summed E-state index contributed by atoms with van der Waals surface area (Å²) in [5, 5.41) is 13.7. The van der Waals surface area contributed by atoms with Crippen LogP contribution >= 0.6 is 11.3 Å². The fourth-order valence-corrected chi connectivity index (χ4v) is 3.15. The lowest BCUT2D eigenvalue weighted by molar-refractivity contribution is 0.117. The summed E-state index contributed by atoms with van der Waals surface area (Å²) < 4.78 is 0. The Bertz CT molecular complexity index is 352. The Hall–Kier alpha value is -0.680. The normalized spacial score (nSPS) is 26.1. The van der Waals surface area contributed by atoms with Gasteiger partial charge in [-0.2, -0.15) is 0 Å². The summed E-state index contributed by atoms with van der Waals surface area (Å²) in [6.45, 7) is 9.79. The van der Waals surface area contributed by atoms with E-state index in [0.717, 1.165) is 29.1 Å². The van der Waals surface area contributed by atoms with Crippen molar-refractivity contribution in [2.24, 2.45) is 5.92 Å². The number of rotatable bonds is 4. The van der Waals surface area contributed by atoms with E-state index in [2.05, 4.69) is 41.2 Å². The molecule has 1 aromatic rings. The Labute approximate surface area is 107 Å². The maximum Gasteiger partial charge on any atom is 0.205 e. The maximum atomic E-state index is 4.25. The van der Waals surface area contributed by atoms with E-state index < -0.39 is 0 Å². The summed E-state index contributed by atoms with van der Waals surface area (Å²) in [7, 11) is 0. The summed E-state index contributed by atoms with van der Waals surface area (Å²) in [5.74, 6) is 0.812. The standard InChI is InChI=1S/C12H22N4S/c1-4-13-12-15-14-11(17-12)8-16-7-9(2)5-6-10(16)3/h9-10H,4-8H2,1-3H3,(H,13,15). The molecular weight excluding hydrogens is 232 g/mol. The van der Waals surface area contributed by atoms with Crippen LogP contribution in [0.3, 0.4) is 0 Å². The van der Waals surface area contributed by atoms with Gasteiger partial charge in [-0.05, 0) is 32.6 Å². The number of nitrogens with zero attached hydrogens (tertiary/aromatic N) is 3. The molecule has 2 rings (SSSR count). The van der Waals surface area contributed by atoms with Gasteiger partial charge in [0.15, 0.2) is 0 Å². The van der Waals surface area contributed by atoms with Crippen LogP contribution in [0.25, 0.3) is 0 Å². The molecule has 1 fully saturated rings. The largest absolute Gasteiger partial charge is 0.360 e. The Morgan fingerprint density at radius 2 is 2.18 bits per heavy atom. The molecule has 1 aliphatic heterocycles. The third-order valence-corrected chi connectivity index (χ3v) is 4.25. The van der Waals surface area contributed by atoms with Crippen molar-refractivity contribution in [3.63, 3.8) is 0 Å². The minimum Gasteiger partial charge on any atom is -0.360 e. The van der Waals surface area contributed by atoms with E-state index in [4.69, 9.17) is 0 Å². The molecule has 0 saturated carbocycles. The van der Waals surface area contributed by atoms with Crippen LogP contribution in [0, 0.1) is 5.92 Å². The highest BCUT2D eigenvalue weighted by molar-refractivity contribution is 7.15. The van der Waals surface area contributed by atoms with Crippen LogP contribution in [0.15, 0.2) is 0 Å². The van der Waals surface area contributed by atoms with Crippen LogP contribution in [0.4, 0.5) is 5.13 Å². The lowest BCUT2D eigenvalue weighted by atomic mass is 9.95. The smallest absolute Gasteiger partial charge is 0.205 e. The van der Waals surface area contributed by atoms with Gasteiger partial charge >= 0.3 is 0 Å². The molecule has 1 aliphatic rings. The van der Waals surface area contributed by atoms with Gasteiger partial charge in [-0.3, -0.25) is 4.90 Å². The summed E-state index contributed by atoms with van der Waals surface area (Å²) in [6, 6.07) is 0.678. The van der Waals surface area contributed by atoms with Gasteiger partial charge in [-0.15, -0.1) is 10.2 Å². The monoisotopic (exact) mass is 254 g/mol. The first-order chi connectivity index (χ1) is 8.19. The lowest BCUT2D eigenvalue weighted by Gasteiger charge is -2.36. The molecule has 1 N–H and O–H groups in total. The van der Waals surface area contributed by atoms with Crippen molar-refractivity contribution in [1.82, 2.24) is 15.1 Å². The number of aromatic nitrogens is 2. The number of anilines is 1. The number of piperidine rings is 1. The zero-order valence-electron chi connectivity index (χ0n) is 10.9. The molecule has 2 atom stereocenters. The average molecular weight is 254 g/mol. The van der Waals surface area contributed by atoms with Crippen LogP contribution in [-0.4, -0.2) is 34.2 Å². The van der Waals surface area contributed by atoms with Crippen molar-refractivity contribution < 1.29 is 0 Å². The number of nitrogens with one attached hydrogen (secondary N) is 1. The minimum atomic E-state index is 0.678. The fourth-order valence-electron chi connectivity index (χ4n) is 2.31. The van der Waals surface area contributed by atoms with Gasteiger partial charge in [-0.1, -0.05) is 18.3 Å². The van der Waals surface area contributed by atoms with Gasteiger partial charge in [0.1, 0.15) is 5.01 Å². The highest BCUT2D eigenvalue weighted by atomic mass is 32.1. The molecule has 96 valence electrons.